The molecule has 2 unspecified atom stereocenters. The van der Waals surface area contributed by atoms with Crippen molar-refractivity contribution in [1.29, 1.82) is 0 Å². The molecule has 0 saturated heterocycles. The summed E-state index contributed by atoms with van der Waals surface area (Å²) in [6, 6.07) is -0.237. The molecular formula is C15H22N2O3S. The lowest BCUT2D eigenvalue weighted by Crippen LogP contribution is -2.34. The number of carbonyl (C=O) groups excluding carboxylic acids is 2. The summed E-state index contributed by atoms with van der Waals surface area (Å²) in [6.45, 7) is 5.67. The Morgan fingerprint density at radius 1 is 1.48 bits per heavy atom. The third kappa shape index (κ3) is 3.63. The predicted molar refractivity (Wildman–Crippen MR) is 83.7 cm³/mol. The number of hydrogen-bond donors (Lipinski definition) is 2. The maximum Gasteiger partial charge on any atom is 0.341 e. The van der Waals surface area contributed by atoms with Gasteiger partial charge in [0.05, 0.1) is 18.1 Å². The van der Waals surface area contributed by atoms with E-state index >= 15 is 0 Å². The average Bonchev–Trinajstić information content (AvgIpc) is 3.19. The quantitative estimate of drug-likeness (QED) is 0.792. The van der Waals surface area contributed by atoms with Crippen LogP contribution in [0.3, 0.4) is 0 Å². The number of rotatable bonds is 6. The highest BCUT2D eigenvalue weighted by molar-refractivity contribution is 7.15. The molecule has 0 spiro atoms. The number of hydrogen-bond acceptors (Lipinski definition) is 5. The lowest BCUT2D eigenvalue weighted by molar-refractivity contribution is -0.119. The Bertz CT molecular complexity index is 535. The van der Waals surface area contributed by atoms with Crippen LogP contribution in [-0.2, 0) is 9.53 Å². The van der Waals surface area contributed by atoms with Crippen LogP contribution in [0.1, 0.15) is 55.5 Å². The van der Waals surface area contributed by atoms with Crippen LogP contribution in [0.2, 0.25) is 0 Å². The summed E-state index contributed by atoms with van der Waals surface area (Å²) in [5.74, 6) is -0.409. The molecule has 1 saturated carbocycles. The Morgan fingerprint density at radius 3 is 2.67 bits per heavy atom. The van der Waals surface area contributed by atoms with Crippen LogP contribution in [0, 0.1) is 5.92 Å². The van der Waals surface area contributed by atoms with Crippen LogP contribution < -0.4 is 11.1 Å². The number of thiophene rings is 1. The van der Waals surface area contributed by atoms with Crippen molar-refractivity contribution in [1.82, 2.24) is 0 Å². The molecule has 1 aromatic rings. The summed E-state index contributed by atoms with van der Waals surface area (Å²) in [5.41, 5.74) is 7.28. The second-order valence-electron chi connectivity index (χ2n) is 5.53. The molecule has 0 aromatic carbocycles. The molecule has 0 bridgehead atoms. The lowest BCUT2D eigenvalue weighted by atomic mass is 10.0. The van der Waals surface area contributed by atoms with E-state index in [0.717, 1.165) is 18.4 Å². The van der Waals surface area contributed by atoms with Gasteiger partial charge in [0.1, 0.15) is 5.00 Å². The Morgan fingerprint density at radius 2 is 2.14 bits per heavy atom. The van der Waals surface area contributed by atoms with Crippen LogP contribution in [0.25, 0.3) is 0 Å². The highest BCUT2D eigenvalue weighted by Gasteiger charge is 2.32. The van der Waals surface area contributed by atoms with Crippen LogP contribution >= 0.6 is 11.3 Å². The summed E-state index contributed by atoms with van der Waals surface area (Å²) in [6.07, 6.45) is 2.18. The second kappa shape index (κ2) is 6.58. The molecule has 1 aromatic heterocycles. The summed E-state index contributed by atoms with van der Waals surface area (Å²) in [5, 5.41) is 5.36. The summed E-state index contributed by atoms with van der Waals surface area (Å²) >= 11 is 1.38. The molecule has 5 nitrogen and oxygen atoms in total. The van der Waals surface area contributed by atoms with Crippen molar-refractivity contribution in [3.05, 3.63) is 16.5 Å². The predicted octanol–water partition coefficient (Wildman–Crippen LogP) is 2.72. The fourth-order valence-corrected chi connectivity index (χ4v) is 3.07. The van der Waals surface area contributed by atoms with Gasteiger partial charge >= 0.3 is 5.97 Å². The van der Waals surface area contributed by atoms with Crippen LogP contribution in [-0.4, -0.2) is 24.5 Å². The van der Waals surface area contributed by atoms with Gasteiger partial charge in [-0.05, 0) is 43.6 Å². The molecule has 2 rings (SSSR count). The third-order valence-corrected chi connectivity index (χ3v) is 4.67. The standard InChI is InChI=1S/C15H22N2O3S/c1-4-20-15(19)12-11(10-5-6-10)7-21-14(12)17-13(18)8(2)9(3)16/h7-10H,4-6,16H2,1-3H3,(H,17,18). The van der Waals surface area contributed by atoms with Gasteiger partial charge in [-0.2, -0.15) is 0 Å². The van der Waals surface area contributed by atoms with E-state index < -0.39 is 0 Å². The van der Waals surface area contributed by atoms with Crippen molar-refractivity contribution in [2.75, 3.05) is 11.9 Å². The molecule has 1 aliphatic rings. The molecule has 0 aliphatic heterocycles. The zero-order valence-corrected chi connectivity index (χ0v) is 13.5. The van der Waals surface area contributed by atoms with E-state index in [1.165, 1.54) is 11.3 Å². The smallest absolute Gasteiger partial charge is 0.341 e. The number of esters is 1. The first kappa shape index (κ1) is 16.0. The van der Waals surface area contributed by atoms with E-state index in [4.69, 9.17) is 10.5 Å². The molecule has 3 N–H and O–H groups in total. The SMILES string of the molecule is CCOC(=O)c1c(C2CC2)csc1NC(=O)C(C)C(C)N. The first-order valence-electron chi connectivity index (χ1n) is 7.30. The topological polar surface area (TPSA) is 81.4 Å². The number of ether oxygens (including phenoxy) is 1. The Balaban J connectivity index is 2.22. The molecular weight excluding hydrogens is 288 g/mol. The van der Waals surface area contributed by atoms with Crippen molar-refractivity contribution in [2.45, 2.75) is 45.6 Å². The van der Waals surface area contributed by atoms with E-state index in [2.05, 4.69) is 5.32 Å². The minimum absolute atomic E-state index is 0.167. The number of nitrogens with two attached hydrogens (primary N) is 1. The number of anilines is 1. The number of amides is 1. The number of carbonyl (C=O) groups is 2. The largest absolute Gasteiger partial charge is 0.462 e. The van der Waals surface area contributed by atoms with Crippen molar-refractivity contribution in [3.8, 4) is 0 Å². The molecule has 1 fully saturated rings. The maximum absolute atomic E-state index is 12.2. The van der Waals surface area contributed by atoms with Gasteiger partial charge in [0.25, 0.3) is 0 Å². The van der Waals surface area contributed by atoms with Crippen molar-refractivity contribution < 1.29 is 14.3 Å². The zero-order valence-electron chi connectivity index (χ0n) is 12.6. The van der Waals surface area contributed by atoms with Gasteiger partial charge in [0, 0.05) is 6.04 Å². The van der Waals surface area contributed by atoms with Crippen LogP contribution in [0.5, 0.6) is 0 Å². The van der Waals surface area contributed by atoms with E-state index in [0.29, 0.717) is 23.1 Å². The molecule has 2 atom stereocenters. The number of nitrogens with one attached hydrogen (secondary N) is 1. The van der Waals surface area contributed by atoms with Gasteiger partial charge in [0.2, 0.25) is 5.91 Å². The molecule has 0 radical (unpaired) electrons. The van der Waals surface area contributed by atoms with E-state index in [9.17, 15) is 9.59 Å². The van der Waals surface area contributed by atoms with Gasteiger partial charge in [0.15, 0.2) is 0 Å². The summed E-state index contributed by atoms with van der Waals surface area (Å²) < 4.78 is 5.13. The van der Waals surface area contributed by atoms with Crippen molar-refractivity contribution in [3.63, 3.8) is 0 Å². The fraction of sp³-hybridized carbons (Fsp3) is 0.600. The monoisotopic (exact) mass is 310 g/mol. The van der Waals surface area contributed by atoms with Gasteiger partial charge in [-0.25, -0.2) is 4.79 Å². The van der Waals surface area contributed by atoms with Crippen LogP contribution in [0.15, 0.2) is 5.38 Å². The molecule has 116 valence electrons. The van der Waals surface area contributed by atoms with Gasteiger partial charge < -0.3 is 15.8 Å². The van der Waals surface area contributed by atoms with Gasteiger partial charge in [-0.3, -0.25) is 4.79 Å². The summed E-state index contributed by atoms with van der Waals surface area (Å²) in [7, 11) is 0. The second-order valence-corrected chi connectivity index (χ2v) is 6.41. The molecule has 1 aliphatic carbocycles. The van der Waals surface area contributed by atoms with Crippen molar-refractivity contribution in [2.24, 2.45) is 11.7 Å². The zero-order chi connectivity index (χ0) is 15.6. The van der Waals surface area contributed by atoms with E-state index in [1.807, 2.05) is 5.38 Å². The fourth-order valence-electron chi connectivity index (χ4n) is 2.04. The highest BCUT2D eigenvalue weighted by Crippen LogP contribution is 2.46. The van der Waals surface area contributed by atoms with Gasteiger partial charge in [-0.15, -0.1) is 11.3 Å². The van der Waals surface area contributed by atoms with Crippen molar-refractivity contribution >= 4 is 28.2 Å². The molecule has 1 amide bonds. The van der Waals surface area contributed by atoms with E-state index in [1.54, 1.807) is 20.8 Å². The summed E-state index contributed by atoms with van der Waals surface area (Å²) in [4.78, 5) is 24.3. The molecule has 6 heteroatoms. The lowest BCUT2D eigenvalue weighted by Gasteiger charge is -2.15. The van der Waals surface area contributed by atoms with Crippen LogP contribution in [0.4, 0.5) is 5.00 Å². The first-order valence-corrected chi connectivity index (χ1v) is 8.18. The Kier molecular flexibility index (Phi) is 5.00. The minimum Gasteiger partial charge on any atom is -0.462 e. The molecule has 1 heterocycles. The Labute approximate surface area is 128 Å². The highest BCUT2D eigenvalue weighted by atomic mass is 32.1. The first-order chi connectivity index (χ1) is 9.95. The van der Waals surface area contributed by atoms with Gasteiger partial charge in [-0.1, -0.05) is 6.92 Å². The third-order valence-electron chi connectivity index (χ3n) is 3.76. The average molecular weight is 310 g/mol. The minimum atomic E-state index is -0.357. The normalized spacial score (nSPS) is 17.1. The van der Waals surface area contributed by atoms with E-state index in [-0.39, 0.29) is 23.8 Å². The maximum atomic E-state index is 12.2. The molecule has 21 heavy (non-hydrogen) atoms. The Hall–Kier alpha value is -1.40.